The highest BCUT2D eigenvalue weighted by atomic mass is 35.5. The number of hydrogen-bond acceptors (Lipinski definition) is 7. The standard InChI is InChI=1S/C30H25Cl2NO6S/c1-3-37-24-14-18(10-13-23(24)39-17-20-11-12-21(31)16-22(20)32)15-25-27(34)26(30(36)38-4-2)29(40-25)33-28(35)19-8-6-5-7-9-19/h5-16,34H,3-4,17H2,1-2H3. The van der Waals surface area contributed by atoms with Crippen molar-refractivity contribution in [3.63, 3.8) is 0 Å². The topological polar surface area (TPSA) is 94.4 Å². The monoisotopic (exact) mass is 597 g/mol. The number of halogens is 2. The van der Waals surface area contributed by atoms with Crippen LogP contribution in [0.3, 0.4) is 0 Å². The number of hydrogen-bond donors (Lipinski definition) is 1. The van der Waals surface area contributed by atoms with E-state index in [4.69, 9.17) is 37.4 Å². The van der Waals surface area contributed by atoms with Gasteiger partial charge in [-0.05, 0) is 61.9 Å². The molecular formula is C30H25Cl2NO6S. The van der Waals surface area contributed by atoms with E-state index in [2.05, 4.69) is 4.99 Å². The predicted octanol–water partition coefficient (Wildman–Crippen LogP) is 7.67. The van der Waals surface area contributed by atoms with Gasteiger partial charge in [0.15, 0.2) is 11.5 Å². The van der Waals surface area contributed by atoms with Crippen LogP contribution in [0, 0.1) is 0 Å². The van der Waals surface area contributed by atoms with Gasteiger partial charge in [-0.2, -0.15) is 0 Å². The van der Waals surface area contributed by atoms with Crippen molar-refractivity contribution >= 4 is 58.0 Å². The lowest BCUT2D eigenvalue weighted by molar-refractivity contribution is -0.138. The molecule has 1 aliphatic heterocycles. The predicted molar refractivity (Wildman–Crippen MR) is 158 cm³/mol. The quantitative estimate of drug-likeness (QED) is 0.253. The highest BCUT2D eigenvalue weighted by Crippen LogP contribution is 2.40. The molecule has 0 atom stereocenters. The number of rotatable bonds is 9. The van der Waals surface area contributed by atoms with Crippen LogP contribution in [0.1, 0.15) is 35.3 Å². The Hall–Kier alpha value is -3.72. The van der Waals surface area contributed by atoms with Gasteiger partial charge in [0.05, 0.1) is 18.1 Å². The van der Waals surface area contributed by atoms with Gasteiger partial charge in [0.25, 0.3) is 5.91 Å². The van der Waals surface area contributed by atoms with Gasteiger partial charge in [0.1, 0.15) is 23.0 Å². The van der Waals surface area contributed by atoms with E-state index in [1.54, 1.807) is 79.7 Å². The number of esters is 1. The molecule has 0 bridgehead atoms. The summed E-state index contributed by atoms with van der Waals surface area (Å²) in [6, 6.07) is 18.9. The number of aliphatic imine (C=N–C) groups is 1. The average Bonchev–Trinajstić information content (AvgIpc) is 3.23. The first-order chi connectivity index (χ1) is 19.3. The molecule has 0 saturated carbocycles. The van der Waals surface area contributed by atoms with Crippen molar-refractivity contribution in [3.8, 4) is 11.5 Å². The fourth-order valence-electron chi connectivity index (χ4n) is 3.68. The fourth-order valence-corrected chi connectivity index (χ4v) is 5.15. The lowest BCUT2D eigenvalue weighted by Gasteiger charge is -2.13. The number of aliphatic hydroxyl groups excluding tert-OH is 1. The van der Waals surface area contributed by atoms with E-state index in [1.165, 1.54) is 0 Å². The Morgan fingerprint density at radius 3 is 2.42 bits per heavy atom. The van der Waals surface area contributed by atoms with Crippen molar-refractivity contribution in [1.29, 1.82) is 0 Å². The molecule has 1 N–H and O–H groups in total. The van der Waals surface area contributed by atoms with Crippen LogP contribution in [-0.4, -0.2) is 35.2 Å². The summed E-state index contributed by atoms with van der Waals surface area (Å²) in [6.45, 7) is 4.20. The van der Waals surface area contributed by atoms with Gasteiger partial charge in [-0.1, -0.05) is 65.3 Å². The van der Waals surface area contributed by atoms with Crippen molar-refractivity contribution in [2.24, 2.45) is 4.99 Å². The minimum Gasteiger partial charge on any atom is -0.506 e. The lowest BCUT2D eigenvalue weighted by atomic mass is 10.1. The number of aliphatic hydroxyl groups is 1. The maximum atomic E-state index is 12.7. The lowest BCUT2D eigenvalue weighted by Crippen LogP contribution is -2.14. The van der Waals surface area contributed by atoms with Crippen LogP contribution in [-0.2, 0) is 16.1 Å². The molecule has 0 aliphatic carbocycles. The summed E-state index contributed by atoms with van der Waals surface area (Å²) in [5.74, 6) is -0.655. The van der Waals surface area contributed by atoms with Gasteiger partial charge < -0.3 is 19.3 Å². The molecule has 0 unspecified atom stereocenters. The molecule has 40 heavy (non-hydrogen) atoms. The zero-order valence-corrected chi connectivity index (χ0v) is 24.0. The largest absolute Gasteiger partial charge is 0.506 e. The first-order valence-electron chi connectivity index (χ1n) is 12.3. The normalized spacial score (nSPS) is 15.0. The summed E-state index contributed by atoms with van der Waals surface area (Å²) in [5, 5.41) is 12.0. The summed E-state index contributed by atoms with van der Waals surface area (Å²) in [5.41, 5.74) is 1.62. The van der Waals surface area contributed by atoms with Gasteiger partial charge >= 0.3 is 5.97 Å². The molecule has 1 heterocycles. The van der Waals surface area contributed by atoms with E-state index < -0.39 is 11.9 Å². The molecule has 1 aliphatic rings. The third-order valence-electron chi connectivity index (χ3n) is 5.56. The molecule has 206 valence electrons. The van der Waals surface area contributed by atoms with Crippen LogP contribution in [0.15, 0.2) is 88.0 Å². The van der Waals surface area contributed by atoms with E-state index in [-0.39, 0.29) is 29.6 Å². The highest BCUT2D eigenvalue weighted by molar-refractivity contribution is 8.18. The van der Waals surface area contributed by atoms with Crippen molar-refractivity contribution in [3.05, 3.63) is 110 Å². The number of amides is 1. The van der Waals surface area contributed by atoms with Crippen LogP contribution in [0.2, 0.25) is 10.0 Å². The average molecular weight is 599 g/mol. The van der Waals surface area contributed by atoms with Crippen LogP contribution in [0.5, 0.6) is 11.5 Å². The molecule has 7 nitrogen and oxygen atoms in total. The fraction of sp³-hybridized carbons (Fsp3) is 0.167. The molecule has 3 aromatic rings. The number of thioether (sulfide) groups is 1. The maximum Gasteiger partial charge on any atom is 0.344 e. The molecule has 4 rings (SSSR count). The SMILES string of the molecule is CCOC(=O)C1=C(O)C(=Cc2ccc(OCc3ccc(Cl)cc3Cl)c(OCC)c2)SC1=NC(=O)c1ccccc1. The Morgan fingerprint density at radius 2 is 1.73 bits per heavy atom. The summed E-state index contributed by atoms with van der Waals surface area (Å²) >= 11 is 13.2. The molecule has 0 radical (unpaired) electrons. The molecule has 10 heteroatoms. The zero-order valence-electron chi connectivity index (χ0n) is 21.6. The Balaban J connectivity index is 1.63. The molecule has 0 saturated heterocycles. The first-order valence-corrected chi connectivity index (χ1v) is 13.9. The number of nitrogens with zero attached hydrogens (tertiary/aromatic N) is 1. The number of carbonyl (C=O) groups excluding carboxylic acids is 2. The summed E-state index contributed by atoms with van der Waals surface area (Å²) < 4.78 is 16.9. The van der Waals surface area contributed by atoms with Gasteiger partial charge in [0, 0.05) is 21.2 Å². The van der Waals surface area contributed by atoms with Gasteiger partial charge in [0.2, 0.25) is 0 Å². The van der Waals surface area contributed by atoms with Crippen LogP contribution in [0.4, 0.5) is 0 Å². The van der Waals surface area contributed by atoms with Crippen LogP contribution >= 0.6 is 35.0 Å². The van der Waals surface area contributed by atoms with E-state index in [0.717, 1.165) is 17.3 Å². The van der Waals surface area contributed by atoms with Gasteiger partial charge in [-0.3, -0.25) is 4.79 Å². The van der Waals surface area contributed by atoms with Crippen molar-refractivity contribution in [1.82, 2.24) is 0 Å². The number of ether oxygens (including phenoxy) is 3. The molecular weight excluding hydrogens is 573 g/mol. The third-order valence-corrected chi connectivity index (χ3v) is 7.16. The second kappa shape index (κ2) is 13.6. The minimum absolute atomic E-state index is 0.0564. The number of benzene rings is 3. The van der Waals surface area contributed by atoms with E-state index in [1.807, 2.05) is 6.92 Å². The maximum absolute atomic E-state index is 12.7. The second-order valence-corrected chi connectivity index (χ2v) is 10.2. The molecule has 3 aromatic carbocycles. The Morgan fingerprint density at radius 1 is 0.950 bits per heavy atom. The Labute approximate surface area is 246 Å². The van der Waals surface area contributed by atoms with Gasteiger partial charge in [-0.15, -0.1) is 0 Å². The first kappa shape index (κ1) is 29.3. The van der Waals surface area contributed by atoms with Crippen LogP contribution < -0.4 is 9.47 Å². The van der Waals surface area contributed by atoms with Crippen molar-refractivity contribution < 1.29 is 28.9 Å². The third kappa shape index (κ3) is 7.07. The summed E-state index contributed by atoms with van der Waals surface area (Å²) in [7, 11) is 0. The highest BCUT2D eigenvalue weighted by Gasteiger charge is 2.34. The second-order valence-electron chi connectivity index (χ2n) is 8.31. The summed E-state index contributed by atoms with van der Waals surface area (Å²) in [6.07, 6.45) is 1.66. The van der Waals surface area contributed by atoms with E-state index >= 15 is 0 Å². The van der Waals surface area contributed by atoms with E-state index in [9.17, 15) is 14.7 Å². The Bertz CT molecular complexity index is 1520. The van der Waals surface area contributed by atoms with Crippen LogP contribution in [0.25, 0.3) is 6.08 Å². The molecule has 1 amide bonds. The molecule has 0 spiro atoms. The van der Waals surface area contributed by atoms with Crippen molar-refractivity contribution in [2.45, 2.75) is 20.5 Å². The summed E-state index contributed by atoms with van der Waals surface area (Å²) in [4.78, 5) is 29.8. The zero-order chi connectivity index (χ0) is 28.6. The minimum atomic E-state index is -0.768. The van der Waals surface area contributed by atoms with E-state index in [0.29, 0.717) is 44.2 Å². The van der Waals surface area contributed by atoms with Crippen molar-refractivity contribution in [2.75, 3.05) is 13.2 Å². The smallest absolute Gasteiger partial charge is 0.344 e. The number of carbonyl (C=O) groups is 2. The van der Waals surface area contributed by atoms with Gasteiger partial charge in [-0.25, -0.2) is 9.79 Å². The molecule has 0 fully saturated rings. The Kier molecular flexibility index (Phi) is 9.93. The molecule has 0 aromatic heterocycles.